The van der Waals surface area contributed by atoms with Gasteiger partial charge in [-0.05, 0) is 49.4 Å². The molecule has 21 heavy (non-hydrogen) atoms. The van der Waals surface area contributed by atoms with Crippen LogP contribution in [0.5, 0.6) is 5.75 Å². The fraction of sp³-hybridized carbons (Fsp3) is 0.625. The summed E-state index contributed by atoms with van der Waals surface area (Å²) in [7, 11) is -1.09. The number of hydrogen-bond acceptors (Lipinski definition) is 4. The van der Waals surface area contributed by atoms with Crippen LogP contribution in [0.2, 0.25) is 0 Å². The van der Waals surface area contributed by atoms with Gasteiger partial charge in [0, 0.05) is 12.6 Å². The number of methoxy groups -OCH3 is 1. The minimum atomic E-state index is -2.77. The number of sulfone groups is 1. The zero-order valence-corrected chi connectivity index (χ0v) is 13.3. The van der Waals surface area contributed by atoms with Crippen molar-refractivity contribution in [3.8, 4) is 5.75 Å². The summed E-state index contributed by atoms with van der Waals surface area (Å²) in [6.45, 7) is 1.99. The van der Waals surface area contributed by atoms with Gasteiger partial charge in [0.05, 0.1) is 18.6 Å². The molecule has 2 fully saturated rings. The van der Waals surface area contributed by atoms with Crippen molar-refractivity contribution >= 4 is 9.84 Å². The summed E-state index contributed by atoms with van der Waals surface area (Å²) in [4.78, 5) is 2.47. The van der Waals surface area contributed by atoms with Gasteiger partial charge in [0.1, 0.15) is 5.75 Å². The first-order valence-electron chi connectivity index (χ1n) is 7.66. The maximum Gasteiger partial charge on any atom is 0.150 e. The first-order valence-corrected chi connectivity index (χ1v) is 9.48. The Bertz CT molecular complexity index is 582. The summed E-state index contributed by atoms with van der Waals surface area (Å²) in [6, 6.07) is 8.71. The van der Waals surface area contributed by atoms with Crippen molar-refractivity contribution in [2.75, 3.05) is 31.7 Å². The minimum Gasteiger partial charge on any atom is -0.497 e. The molecule has 1 aromatic carbocycles. The molecule has 3 rings (SSSR count). The van der Waals surface area contributed by atoms with Gasteiger partial charge in [-0.1, -0.05) is 12.1 Å². The zero-order chi connectivity index (χ0) is 14.9. The first kappa shape index (κ1) is 14.9. The lowest BCUT2D eigenvalue weighted by molar-refractivity contribution is 0.224. The average Bonchev–Trinajstić information content (AvgIpc) is 3.06. The number of nitrogens with zero attached hydrogens (tertiary/aromatic N) is 1. The predicted octanol–water partition coefficient (Wildman–Crippen LogP) is 2.27. The third-order valence-electron chi connectivity index (χ3n) is 4.68. The largest absolute Gasteiger partial charge is 0.497 e. The lowest BCUT2D eigenvalue weighted by Gasteiger charge is -2.27. The maximum atomic E-state index is 11.6. The van der Waals surface area contributed by atoms with Crippen LogP contribution in [0.3, 0.4) is 0 Å². The number of hydrogen-bond donors (Lipinski definition) is 0. The molecule has 2 heterocycles. The lowest BCUT2D eigenvalue weighted by atomic mass is 10.0. The summed E-state index contributed by atoms with van der Waals surface area (Å²) in [5.74, 6) is 1.94. The normalized spacial score (nSPS) is 28.8. The molecule has 0 N–H and O–H groups in total. The number of benzene rings is 1. The Morgan fingerprint density at radius 1 is 1.24 bits per heavy atom. The highest BCUT2D eigenvalue weighted by Gasteiger charge is 2.33. The molecule has 5 heteroatoms. The molecular formula is C16H23NO3S. The van der Waals surface area contributed by atoms with E-state index in [4.69, 9.17) is 4.74 Å². The van der Waals surface area contributed by atoms with Crippen LogP contribution in [-0.2, 0) is 9.84 Å². The Labute approximate surface area is 127 Å². The monoisotopic (exact) mass is 309 g/mol. The van der Waals surface area contributed by atoms with E-state index in [0.29, 0.717) is 23.5 Å². The van der Waals surface area contributed by atoms with Crippen molar-refractivity contribution in [1.29, 1.82) is 0 Å². The van der Waals surface area contributed by atoms with E-state index in [2.05, 4.69) is 17.0 Å². The van der Waals surface area contributed by atoms with Crippen LogP contribution in [-0.4, -0.2) is 45.0 Å². The van der Waals surface area contributed by atoms with Gasteiger partial charge < -0.3 is 4.74 Å². The van der Waals surface area contributed by atoms with Crippen LogP contribution in [0.15, 0.2) is 24.3 Å². The van der Waals surface area contributed by atoms with E-state index >= 15 is 0 Å². The first-order chi connectivity index (χ1) is 10.1. The van der Waals surface area contributed by atoms with Gasteiger partial charge in [-0.2, -0.15) is 0 Å². The van der Waals surface area contributed by atoms with E-state index in [0.717, 1.165) is 31.7 Å². The number of likely N-dealkylation sites (tertiary alicyclic amines) is 1. The SMILES string of the molecule is COc1ccc([C@H]2CCCN2C[C@H]2CCS(=O)(=O)C2)cc1. The Morgan fingerprint density at radius 2 is 2.00 bits per heavy atom. The van der Waals surface area contributed by atoms with Crippen molar-refractivity contribution in [2.45, 2.75) is 25.3 Å². The smallest absolute Gasteiger partial charge is 0.150 e. The van der Waals surface area contributed by atoms with Gasteiger partial charge in [-0.15, -0.1) is 0 Å². The quantitative estimate of drug-likeness (QED) is 0.856. The van der Waals surface area contributed by atoms with Gasteiger partial charge in [-0.25, -0.2) is 8.42 Å². The van der Waals surface area contributed by atoms with E-state index in [1.54, 1.807) is 7.11 Å². The summed E-state index contributed by atoms with van der Waals surface area (Å²) >= 11 is 0. The third-order valence-corrected chi connectivity index (χ3v) is 6.52. The molecule has 2 atom stereocenters. The van der Waals surface area contributed by atoms with Crippen molar-refractivity contribution in [1.82, 2.24) is 4.90 Å². The topological polar surface area (TPSA) is 46.6 Å². The highest BCUT2D eigenvalue weighted by molar-refractivity contribution is 7.91. The van der Waals surface area contributed by atoms with Crippen molar-refractivity contribution in [3.63, 3.8) is 0 Å². The van der Waals surface area contributed by atoms with Crippen LogP contribution in [0.4, 0.5) is 0 Å². The maximum absolute atomic E-state index is 11.6. The van der Waals surface area contributed by atoms with Gasteiger partial charge in [0.2, 0.25) is 0 Å². The predicted molar refractivity (Wildman–Crippen MR) is 83.3 cm³/mol. The standard InChI is InChI=1S/C16H23NO3S/c1-20-15-6-4-14(5-7-15)16-3-2-9-17(16)11-13-8-10-21(18,19)12-13/h4-7,13,16H,2-3,8-12H2,1H3/t13-,16-/m1/s1. The fourth-order valence-corrected chi connectivity index (χ4v) is 5.45. The van der Waals surface area contributed by atoms with Crippen molar-refractivity contribution < 1.29 is 13.2 Å². The molecule has 0 saturated carbocycles. The van der Waals surface area contributed by atoms with Gasteiger partial charge in [0.15, 0.2) is 9.84 Å². The van der Waals surface area contributed by atoms with E-state index in [1.165, 1.54) is 12.0 Å². The molecule has 0 radical (unpaired) electrons. The molecule has 0 spiro atoms. The van der Waals surface area contributed by atoms with E-state index in [9.17, 15) is 8.42 Å². The molecule has 116 valence electrons. The van der Waals surface area contributed by atoms with Crippen LogP contribution >= 0.6 is 0 Å². The minimum absolute atomic E-state index is 0.314. The molecular weight excluding hydrogens is 286 g/mol. The summed E-state index contributed by atoms with van der Waals surface area (Å²) in [6.07, 6.45) is 3.18. The number of ether oxygens (including phenoxy) is 1. The summed E-state index contributed by atoms with van der Waals surface area (Å²) < 4.78 is 28.4. The second-order valence-corrected chi connectivity index (χ2v) is 8.42. The molecule has 0 aliphatic carbocycles. The highest BCUT2D eigenvalue weighted by atomic mass is 32.2. The van der Waals surface area contributed by atoms with Gasteiger partial charge in [0.25, 0.3) is 0 Å². The molecule has 1 aromatic rings. The van der Waals surface area contributed by atoms with Crippen LogP contribution in [0.25, 0.3) is 0 Å². The molecule has 0 unspecified atom stereocenters. The molecule has 0 aromatic heterocycles. The van der Waals surface area contributed by atoms with Gasteiger partial charge >= 0.3 is 0 Å². The van der Waals surface area contributed by atoms with Crippen molar-refractivity contribution in [3.05, 3.63) is 29.8 Å². The third kappa shape index (κ3) is 3.40. The van der Waals surface area contributed by atoms with Crippen LogP contribution < -0.4 is 4.74 Å². The molecule has 2 aliphatic rings. The Morgan fingerprint density at radius 3 is 2.62 bits per heavy atom. The molecule has 0 bridgehead atoms. The van der Waals surface area contributed by atoms with Crippen LogP contribution in [0.1, 0.15) is 30.9 Å². The average molecular weight is 309 g/mol. The Hall–Kier alpha value is -1.07. The molecule has 2 aliphatic heterocycles. The Kier molecular flexibility index (Phi) is 4.22. The lowest BCUT2D eigenvalue weighted by Crippen LogP contribution is -2.29. The second-order valence-electron chi connectivity index (χ2n) is 6.20. The molecule has 0 amide bonds. The number of rotatable bonds is 4. The summed E-state index contributed by atoms with van der Waals surface area (Å²) in [5, 5.41) is 0. The van der Waals surface area contributed by atoms with Gasteiger partial charge in [-0.3, -0.25) is 4.90 Å². The second kappa shape index (κ2) is 5.97. The molecule has 2 saturated heterocycles. The Balaban J connectivity index is 1.67. The zero-order valence-electron chi connectivity index (χ0n) is 12.5. The molecule has 4 nitrogen and oxygen atoms in total. The van der Waals surface area contributed by atoms with Crippen LogP contribution in [0, 0.1) is 5.92 Å². The summed E-state index contributed by atoms with van der Waals surface area (Å²) in [5.41, 5.74) is 1.31. The highest BCUT2D eigenvalue weighted by Crippen LogP contribution is 2.34. The fourth-order valence-electron chi connectivity index (χ4n) is 3.60. The van der Waals surface area contributed by atoms with E-state index in [1.807, 2.05) is 12.1 Å². The van der Waals surface area contributed by atoms with E-state index < -0.39 is 9.84 Å². The van der Waals surface area contributed by atoms with Crippen molar-refractivity contribution in [2.24, 2.45) is 5.92 Å². The van der Waals surface area contributed by atoms with E-state index in [-0.39, 0.29) is 0 Å².